The first-order valence-electron chi connectivity index (χ1n) is 5.44. The number of hydrogen-bond acceptors (Lipinski definition) is 3. The first-order valence-corrected chi connectivity index (χ1v) is 5.44. The molecule has 1 aromatic rings. The van der Waals surface area contributed by atoms with E-state index in [-0.39, 0.29) is 17.5 Å². The number of nitrogens with zero attached hydrogens (tertiary/aromatic N) is 1. The van der Waals surface area contributed by atoms with Crippen molar-refractivity contribution in [3.8, 4) is 6.07 Å². The van der Waals surface area contributed by atoms with Crippen LogP contribution in [0.5, 0.6) is 0 Å². The fourth-order valence-corrected chi connectivity index (χ4v) is 1.72. The zero-order chi connectivity index (χ0) is 13.7. The lowest BCUT2D eigenvalue weighted by molar-refractivity contribution is -0.139. The van der Waals surface area contributed by atoms with Crippen LogP contribution in [-0.2, 0) is 22.4 Å². The van der Waals surface area contributed by atoms with Crippen molar-refractivity contribution in [1.29, 1.82) is 5.26 Å². The third kappa shape index (κ3) is 3.04. The molecule has 0 radical (unpaired) electrons. The number of esters is 1. The summed E-state index contributed by atoms with van der Waals surface area (Å²) in [5.74, 6) is -0.498. The molecule has 3 nitrogen and oxygen atoms in total. The first-order chi connectivity index (χ1) is 8.53. The Balaban J connectivity index is 3.28. The van der Waals surface area contributed by atoms with Crippen LogP contribution in [0, 0.1) is 11.3 Å². The van der Waals surface area contributed by atoms with Crippen molar-refractivity contribution in [3.05, 3.63) is 34.4 Å². The Morgan fingerprint density at radius 1 is 1.50 bits per heavy atom. The Morgan fingerprint density at radius 2 is 2.17 bits per heavy atom. The number of carbonyl (C=O) groups excluding carboxylic acids is 1. The monoisotopic (exact) mass is 253 g/mol. The van der Waals surface area contributed by atoms with Crippen LogP contribution >= 0.6 is 0 Å². The highest BCUT2D eigenvalue weighted by Gasteiger charge is 2.18. The topological polar surface area (TPSA) is 50.1 Å². The third-order valence-electron chi connectivity index (χ3n) is 2.61. The molecule has 0 bridgehead atoms. The number of carbonyl (C=O) groups is 1. The molecule has 1 aromatic carbocycles. The largest absolute Gasteiger partial charge is 0.469 e. The Bertz CT molecular complexity index is 492. The number of ether oxygens (including phenoxy) is 1. The molecule has 0 amide bonds. The van der Waals surface area contributed by atoms with E-state index < -0.39 is 12.4 Å². The van der Waals surface area contributed by atoms with Crippen molar-refractivity contribution in [2.45, 2.75) is 26.2 Å². The second-order valence-corrected chi connectivity index (χ2v) is 3.74. The molecule has 0 aliphatic carbocycles. The highest BCUT2D eigenvalue weighted by molar-refractivity contribution is 5.72. The molecule has 0 saturated carbocycles. The molecule has 0 N–H and O–H groups in total. The van der Waals surface area contributed by atoms with Gasteiger partial charge in [0, 0.05) is 5.56 Å². The van der Waals surface area contributed by atoms with Crippen molar-refractivity contribution < 1.29 is 18.3 Å². The van der Waals surface area contributed by atoms with Gasteiger partial charge in [-0.15, -0.1) is 0 Å². The van der Waals surface area contributed by atoms with E-state index in [1.807, 2.05) is 0 Å². The summed E-state index contributed by atoms with van der Waals surface area (Å²) in [7, 11) is 1.24. The lowest BCUT2D eigenvalue weighted by Gasteiger charge is -2.10. The number of methoxy groups -OCH3 is 1. The van der Waals surface area contributed by atoms with Gasteiger partial charge in [0.25, 0.3) is 6.43 Å². The molecule has 0 aliphatic heterocycles. The van der Waals surface area contributed by atoms with E-state index in [9.17, 15) is 13.6 Å². The first kappa shape index (κ1) is 14.1. The summed E-state index contributed by atoms with van der Waals surface area (Å²) in [6.07, 6.45) is -2.35. The maximum absolute atomic E-state index is 12.9. The molecule has 0 heterocycles. The number of benzene rings is 1. The Hall–Kier alpha value is -1.96. The van der Waals surface area contributed by atoms with Gasteiger partial charge in [0.2, 0.25) is 0 Å². The van der Waals surface area contributed by atoms with Crippen molar-refractivity contribution in [2.75, 3.05) is 7.11 Å². The second kappa shape index (κ2) is 6.10. The van der Waals surface area contributed by atoms with Gasteiger partial charge in [0.05, 0.1) is 25.2 Å². The van der Waals surface area contributed by atoms with Crippen LogP contribution in [0.4, 0.5) is 8.78 Å². The molecule has 0 atom stereocenters. The van der Waals surface area contributed by atoms with Crippen LogP contribution in [0.15, 0.2) is 12.1 Å². The minimum atomic E-state index is -2.73. The molecule has 0 unspecified atom stereocenters. The van der Waals surface area contributed by atoms with Gasteiger partial charge in [-0.05, 0) is 23.6 Å². The predicted octanol–water partition coefficient (Wildman–Crippen LogP) is 2.77. The molecule has 0 saturated heterocycles. The molecule has 1 rings (SSSR count). The Kier molecular flexibility index (Phi) is 4.78. The number of alkyl halides is 2. The average Bonchev–Trinajstić information content (AvgIpc) is 2.37. The molecular weight excluding hydrogens is 240 g/mol. The highest BCUT2D eigenvalue weighted by Crippen LogP contribution is 2.27. The average molecular weight is 253 g/mol. The zero-order valence-electron chi connectivity index (χ0n) is 10.2. The second-order valence-electron chi connectivity index (χ2n) is 3.74. The maximum Gasteiger partial charge on any atom is 0.309 e. The van der Waals surface area contributed by atoms with Gasteiger partial charge in [-0.1, -0.05) is 13.0 Å². The maximum atomic E-state index is 12.9. The molecule has 0 aliphatic rings. The molecule has 0 fully saturated rings. The zero-order valence-corrected chi connectivity index (χ0v) is 10.2. The van der Waals surface area contributed by atoms with Crippen LogP contribution in [0.2, 0.25) is 0 Å². The van der Waals surface area contributed by atoms with Crippen molar-refractivity contribution in [1.82, 2.24) is 0 Å². The minimum absolute atomic E-state index is 0.00103. The summed E-state index contributed by atoms with van der Waals surface area (Å²) in [6, 6.07) is 4.59. The fourth-order valence-electron chi connectivity index (χ4n) is 1.72. The molecular formula is C13H13F2NO2. The van der Waals surface area contributed by atoms with Crippen LogP contribution in [0.3, 0.4) is 0 Å². The van der Waals surface area contributed by atoms with Crippen molar-refractivity contribution in [3.63, 3.8) is 0 Å². The van der Waals surface area contributed by atoms with Crippen molar-refractivity contribution >= 4 is 5.97 Å². The normalized spacial score (nSPS) is 10.2. The van der Waals surface area contributed by atoms with Crippen molar-refractivity contribution in [2.24, 2.45) is 0 Å². The van der Waals surface area contributed by atoms with Gasteiger partial charge >= 0.3 is 5.97 Å². The smallest absolute Gasteiger partial charge is 0.309 e. The quantitative estimate of drug-likeness (QED) is 0.775. The number of aryl methyl sites for hydroxylation is 1. The van der Waals surface area contributed by atoms with Crippen LogP contribution in [0.25, 0.3) is 0 Å². The van der Waals surface area contributed by atoms with E-state index in [1.54, 1.807) is 19.1 Å². The van der Waals surface area contributed by atoms with Gasteiger partial charge in [0.15, 0.2) is 0 Å². The molecule has 18 heavy (non-hydrogen) atoms. The number of halogens is 2. The van der Waals surface area contributed by atoms with Gasteiger partial charge in [0.1, 0.15) is 0 Å². The minimum Gasteiger partial charge on any atom is -0.469 e. The van der Waals surface area contributed by atoms with E-state index >= 15 is 0 Å². The molecule has 0 spiro atoms. The molecule has 96 valence electrons. The summed E-state index contributed by atoms with van der Waals surface area (Å²) in [5, 5.41) is 8.92. The number of hydrogen-bond donors (Lipinski definition) is 0. The standard InChI is InChI=1S/C13H13F2NO2/c1-3-9-4-8(6-12(17)18-2)5-10(13(14)15)11(9)7-16/h4-5,13H,3,6H2,1-2H3. The highest BCUT2D eigenvalue weighted by atomic mass is 19.3. The van der Waals surface area contributed by atoms with Gasteiger partial charge in [-0.3, -0.25) is 4.79 Å². The molecule has 5 heteroatoms. The number of rotatable bonds is 4. The van der Waals surface area contributed by atoms with Crippen LogP contribution in [0.1, 0.15) is 35.6 Å². The van der Waals surface area contributed by atoms with E-state index in [4.69, 9.17) is 5.26 Å². The van der Waals surface area contributed by atoms with Gasteiger partial charge < -0.3 is 4.74 Å². The summed E-state index contributed by atoms with van der Waals surface area (Å²) in [6.45, 7) is 1.77. The molecule has 0 aromatic heterocycles. The van der Waals surface area contributed by atoms with Crippen LogP contribution in [-0.4, -0.2) is 13.1 Å². The van der Waals surface area contributed by atoms with Gasteiger partial charge in [-0.25, -0.2) is 8.78 Å². The summed E-state index contributed by atoms with van der Waals surface area (Å²) >= 11 is 0. The predicted molar refractivity (Wildman–Crippen MR) is 61.2 cm³/mol. The Morgan fingerprint density at radius 3 is 2.61 bits per heavy atom. The lowest BCUT2D eigenvalue weighted by Crippen LogP contribution is -2.07. The lowest BCUT2D eigenvalue weighted by atomic mass is 9.95. The van der Waals surface area contributed by atoms with Gasteiger partial charge in [-0.2, -0.15) is 5.26 Å². The van der Waals surface area contributed by atoms with E-state index in [2.05, 4.69) is 4.74 Å². The summed E-state index contributed by atoms with van der Waals surface area (Å²) < 4.78 is 30.2. The summed E-state index contributed by atoms with van der Waals surface area (Å²) in [5.41, 5.74) is 0.638. The SMILES string of the molecule is CCc1cc(CC(=O)OC)cc(C(F)F)c1C#N. The van der Waals surface area contributed by atoms with Crippen LogP contribution < -0.4 is 0 Å². The third-order valence-corrected chi connectivity index (χ3v) is 2.61. The Labute approximate surface area is 104 Å². The summed E-state index contributed by atoms with van der Waals surface area (Å²) in [4.78, 5) is 11.1. The fraction of sp³-hybridized carbons (Fsp3) is 0.385. The van der Waals surface area contributed by atoms with E-state index in [1.165, 1.54) is 13.2 Å². The van der Waals surface area contributed by atoms with E-state index in [0.29, 0.717) is 17.5 Å². The number of nitriles is 1. The van der Waals surface area contributed by atoms with E-state index in [0.717, 1.165) is 0 Å².